The van der Waals surface area contributed by atoms with Crippen molar-refractivity contribution in [2.75, 3.05) is 18.5 Å². The van der Waals surface area contributed by atoms with Crippen molar-refractivity contribution in [1.29, 1.82) is 0 Å². The normalized spacial score (nSPS) is 14.5. The fourth-order valence-corrected chi connectivity index (χ4v) is 3.46. The molecule has 0 unspecified atom stereocenters. The molecule has 0 atom stereocenters. The minimum atomic E-state index is -0.476. The monoisotopic (exact) mass is 407 g/mol. The van der Waals surface area contributed by atoms with Gasteiger partial charge in [-0.2, -0.15) is 5.10 Å². The summed E-state index contributed by atoms with van der Waals surface area (Å²) in [6, 6.07) is 10.8. The van der Waals surface area contributed by atoms with Gasteiger partial charge >= 0.3 is 0 Å². The summed E-state index contributed by atoms with van der Waals surface area (Å²) in [5, 5.41) is 7.89. The van der Waals surface area contributed by atoms with Gasteiger partial charge in [0, 0.05) is 42.3 Å². The largest absolute Gasteiger partial charge is 0.439 e. The van der Waals surface area contributed by atoms with Crippen molar-refractivity contribution in [2.24, 2.45) is 5.73 Å². The van der Waals surface area contributed by atoms with Crippen LogP contribution in [0.15, 0.2) is 42.6 Å². The first kappa shape index (κ1) is 19.9. The van der Waals surface area contributed by atoms with Crippen molar-refractivity contribution in [3.8, 4) is 11.6 Å². The SMILES string of the molecule is Cc1nn(C2CCOCC2)c(Oc2ccnc(Nc3cccc(C(N)=O)c3)c2)c1C. The minimum absolute atomic E-state index is 0.261. The standard InChI is InChI=1S/C22H25N5O3/c1-14-15(2)26-27(18-7-10-29-11-8-18)22(14)30-19-6-9-24-20(13-19)25-17-5-3-4-16(12-17)21(23)28/h3-6,9,12-13,18H,7-8,10-11H2,1-2H3,(H2,23,28)(H,24,25). The molecule has 3 aromatic rings. The van der Waals surface area contributed by atoms with Crippen molar-refractivity contribution < 1.29 is 14.3 Å². The molecule has 1 saturated heterocycles. The number of benzene rings is 1. The van der Waals surface area contributed by atoms with Crippen LogP contribution >= 0.6 is 0 Å². The number of hydrogen-bond acceptors (Lipinski definition) is 6. The van der Waals surface area contributed by atoms with Crippen LogP contribution in [-0.4, -0.2) is 33.9 Å². The van der Waals surface area contributed by atoms with E-state index in [4.69, 9.17) is 20.3 Å². The van der Waals surface area contributed by atoms with Crippen molar-refractivity contribution in [3.63, 3.8) is 0 Å². The smallest absolute Gasteiger partial charge is 0.248 e. The third-order valence-corrected chi connectivity index (χ3v) is 5.23. The Hall–Kier alpha value is -3.39. The molecule has 2 aromatic heterocycles. The van der Waals surface area contributed by atoms with Gasteiger partial charge < -0.3 is 20.5 Å². The predicted octanol–water partition coefficient (Wildman–Crippen LogP) is 3.88. The zero-order chi connectivity index (χ0) is 21.1. The Morgan fingerprint density at radius 2 is 2.03 bits per heavy atom. The summed E-state index contributed by atoms with van der Waals surface area (Å²) in [4.78, 5) is 15.7. The summed E-state index contributed by atoms with van der Waals surface area (Å²) in [7, 11) is 0. The van der Waals surface area contributed by atoms with E-state index in [-0.39, 0.29) is 6.04 Å². The molecule has 3 N–H and O–H groups in total. The molecule has 156 valence electrons. The van der Waals surface area contributed by atoms with Gasteiger partial charge in [-0.3, -0.25) is 4.79 Å². The Balaban J connectivity index is 1.57. The first-order valence-electron chi connectivity index (χ1n) is 9.95. The molecule has 0 spiro atoms. The van der Waals surface area contributed by atoms with Gasteiger partial charge in [0.15, 0.2) is 0 Å². The molecule has 0 saturated carbocycles. The summed E-state index contributed by atoms with van der Waals surface area (Å²) in [5.74, 6) is 1.51. The van der Waals surface area contributed by atoms with E-state index in [0.29, 0.717) is 17.1 Å². The second-order valence-electron chi connectivity index (χ2n) is 7.35. The number of carbonyl (C=O) groups is 1. The number of hydrogen-bond donors (Lipinski definition) is 2. The fourth-order valence-electron chi connectivity index (χ4n) is 3.46. The van der Waals surface area contributed by atoms with E-state index in [9.17, 15) is 4.79 Å². The lowest BCUT2D eigenvalue weighted by atomic mass is 10.1. The van der Waals surface area contributed by atoms with E-state index in [0.717, 1.165) is 48.9 Å². The number of primary amides is 1. The molecule has 30 heavy (non-hydrogen) atoms. The van der Waals surface area contributed by atoms with E-state index >= 15 is 0 Å². The molecule has 1 aromatic carbocycles. The zero-order valence-electron chi connectivity index (χ0n) is 17.1. The Kier molecular flexibility index (Phi) is 5.67. The molecular weight excluding hydrogens is 382 g/mol. The second-order valence-corrected chi connectivity index (χ2v) is 7.35. The molecule has 1 amide bonds. The molecular formula is C22H25N5O3. The number of rotatable bonds is 6. The molecule has 0 bridgehead atoms. The van der Waals surface area contributed by atoms with Crippen molar-refractivity contribution in [2.45, 2.75) is 32.7 Å². The van der Waals surface area contributed by atoms with Gasteiger partial charge in [0.2, 0.25) is 11.8 Å². The highest BCUT2D eigenvalue weighted by Crippen LogP contribution is 2.33. The second kappa shape index (κ2) is 8.54. The molecule has 0 aliphatic carbocycles. The zero-order valence-corrected chi connectivity index (χ0v) is 17.1. The Morgan fingerprint density at radius 3 is 2.80 bits per heavy atom. The number of anilines is 2. The van der Waals surface area contributed by atoms with Crippen molar-refractivity contribution >= 4 is 17.4 Å². The number of amides is 1. The van der Waals surface area contributed by atoms with Gasteiger partial charge in [-0.15, -0.1) is 0 Å². The lowest BCUT2D eigenvalue weighted by molar-refractivity contribution is 0.0642. The van der Waals surface area contributed by atoms with Gasteiger partial charge in [0.25, 0.3) is 0 Å². The highest BCUT2D eigenvalue weighted by molar-refractivity contribution is 5.93. The van der Waals surface area contributed by atoms with Gasteiger partial charge in [-0.1, -0.05) is 6.07 Å². The van der Waals surface area contributed by atoms with Crippen molar-refractivity contribution in [3.05, 3.63) is 59.4 Å². The third kappa shape index (κ3) is 4.28. The van der Waals surface area contributed by atoms with Crippen LogP contribution in [0.4, 0.5) is 11.5 Å². The lowest BCUT2D eigenvalue weighted by Crippen LogP contribution is -2.21. The maximum atomic E-state index is 11.4. The Morgan fingerprint density at radius 1 is 1.23 bits per heavy atom. The molecule has 8 nitrogen and oxygen atoms in total. The molecule has 4 rings (SSSR count). The number of aryl methyl sites for hydroxylation is 1. The average molecular weight is 407 g/mol. The number of aromatic nitrogens is 3. The number of carbonyl (C=O) groups excluding carboxylic acids is 1. The highest BCUT2D eigenvalue weighted by Gasteiger charge is 2.23. The summed E-state index contributed by atoms with van der Waals surface area (Å²) >= 11 is 0. The number of nitrogens with one attached hydrogen (secondary N) is 1. The first-order chi connectivity index (χ1) is 14.5. The van der Waals surface area contributed by atoms with Gasteiger partial charge in [0.1, 0.15) is 11.6 Å². The minimum Gasteiger partial charge on any atom is -0.439 e. The van der Waals surface area contributed by atoms with Crippen LogP contribution in [0.5, 0.6) is 11.6 Å². The van der Waals surface area contributed by atoms with E-state index in [1.807, 2.05) is 30.7 Å². The van der Waals surface area contributed by atoms with Crippen molar-refractivity contribution in [1.82, 2.24) is 14.8 Å². The number of ether oxygens (including phenoxy) is 2. The van der Waals surface area contributed by atoms with Gasteiger partial charge in [0.05, 0.1) is 11.7 Å². The van der Waals surface area contributed by atoms with Crippen LogP contribution in [0.2, 0.25) is 0 Å². The van der Waals surface area contributed by atoms with Crippen LogP contribution in [0, 0.1) is 13.8 Å². The molecule has 8 heteroatoms. The molecule has 1 fully saturated rings. The predicted molar refractivity (Wildman–Crippen MR) is 113 cm³/mol. The summed E-state index contributed by atoms with van der Waals surface area (Å²) in [6.45, 7) is 5.47. The van der Waals surface area contributed by atoms with E-state index < -0.39 is 5.91 Å². The topological polar surface area (TPSA) is 104 Å². The number of nitrogens with two attached hydrogens (primary N) is 1. The Labute approximate surface area is 175 Å². The summed E-state index contributed by atoms with van der Waals surface area (Å²) in [5.41, 5.74) is 8.47. The van der Waals surface area contributed by atoms with E-state index in [1.54, 1.807) is 30.5 Å². The van der Waals surface area contributed by atoms with Crippen LogP contribution in [0.25, 0.3) is 0 Å². The number of nitrogens with zero attached hydrogens (tertiary/aromatic N) is 3. The number of pyridine rings is 1. The third-order valence-electron chi connectivity index (χ3n) is 5.23. The van der Waals surface area contributed by atoms with Crippen LogP contribution in [0.3, 0.4) is 0 Å². The molecule has 3 heterocycles. The van der Waals surface area contributed by atoms with Gasteiger partial charge in [-0.25, -0.2) is 9.67 Å². The lowest BCUT2D eigenvalue weighted by Gasteiger charge is -2.24. The maximum absolute atomic E-state index is 11.4. The molecule has 0 radical (unpaired) electrons. The van der Waals surface area contributed by atoms with Crippen LogP contribution < -0.4 is 15.8 Å². The Bertz CT molecular complexity index is 1060. The quantitative estimate of drug-likeness (QED) is 0.643. The molecule has 1 aliphatic heterocycles. The van der Waals surface area contributed by atoms with E-state index in [2.05, 4.69) is 10.3 Å². The van der Waals surface area contributed by atoms with Crippen LogP contribution in [-0.2, 0) is 4.74 Å². The van der Waals surface area contributed by atoms with E-state index in [1.165, 1.54) is 0 Å². The maximum Gasteiger partial charge on any atom is 0.248 e. The first-order valence-corrected chi connectivity index (χ1v) is 9.95. The molecule has 1 aliphatic rings. The summed E-state index contributed by atoms with van der Waals surface area (Å²) < 4.78 is 13.7. The van der Waals surface area contributed by atoms with Crippen LogP contribution in [0.1, 0.15) is 40.5 Å². The highest BCUT2D eigenvalue weighted by atomic mass is 16.5. The average Bonchev–Trinajstić information content (AvgIpc) is 3.03. The summed E-state index contributed by atoms with van der Waals surface area (Å²) in [6.07, 6.45) is 3.50. The van der Waals surface area contributed by atoms with Gasteiger partial charge in [-0.05, 0) is 51.0 Å². The fraction of sp³-hybridized carbons (Fsp3) is 0.318.